The summed E-state index contributed by atoms with van der Waals surface area (Å²) in [5.41, 5.74) is 4.57. The van der Waals surface area contributed by atoms with E-state index in [1.165, 1.54) is 21.2 Å². The number of benzene rings is 2. The van der Waals surface area contributed by atoms with Crippen molar-refractivity contribution in [1.82, 2.24) is 9.21 Å². The van der Waals surface area contributed by atoms with E-state index in [-0.39, 0.29) is 40.7 Å². The van der Waals surface area contributed by atoms with E-state index < -0.39 is 5.54 Å². The Hall–Kier alpha value is -2.93. The van der Waals surface area contributed by atoms with Gasteiger partial charge in [-0.2, -0.15) is 0 Å². The van der Waals surface area contributed by atoms with Gasteiger partial charge in [-0.3, -0.25) is 24.1 Å². The van der Waals surface area contributed by atoms with Crippen LogP contribution in [0.2, 0.25) is 0 Å². The van der Waals surface area contributed by atoms with E-state index in [0.29, 0.717) is 17.5 Å². The van der Waals surface area contributed by atoms with Crippen molar-refractivity contribution in [3.63, 3.8) is 0 Å². The first-order valence-electron chi connectivity index (χ1n) is 13.4. The molecule has 2 aliphatic carbocycles. The molecule has 0 radical (unpaired) electrons. The minimum absolute atomic E-state index is 0.124. The molecule has 2 heterocycles. The molecule has 4 aliphatic rings. The van der Waals surface area contributed by atoms with Crippen molar-refractivity contribution in [2.24, 2.45) is 0 Å². The van der Waals surface area contributed by atoms with Gasteiger partial charge in [0.25, 0.3) is 11.8 Å². The van der Waals surface area contributed by atoms with Gasteiger partial charge in [0.05, 0.1) is 11.8 Å². The fourth-order valence-electron chi connectivity index (χ4n) is 7.05. The number of nitrogens with zero attached hydrogens (tertiary/aromatic N) is 2. The topological polar surface area (TPSA) is 74.8 Å². The van der Waals surface area contributed by atoms with Gasteiger partial charge < -0.3 is 0 Å². The average molecular weight is 517 g/mol. The van der Waals surface area contributed by atoms with E-state index >= 15 is 0 Å². The van der Waals surface area contributed by atoms with Crippen LogP contribution in [0.5, 0.6) is 0 Å². The molecule has 0 fully saturated rings. The van der Waals surface area contributed by atoms with Crippen LogP contribution >= 0.6 is 11.9 Å². The normalized spacial score (nSPS) is 23.6. The van der Waals surface area contributed by atoms with Crippen molar-refractivity contribution < 1.29 is 19.2 Å². The van der Waals surface area contributed by atoms with Crippen molar-refractivity contribution in [3.05, 3.63) is 69.8 Å². The SMILES string of the molecule is CC(CC(C)(C)N1C(=O)c2cccc3c2C(CCC3)C1=O)SN1C(=O)c2cccc3c2C(CCC3)C1=O. The Kier molecular flexibility index (Phi) is 5.82. The average Bonchev–Trinajstić information content (AvgIpc) is 2.87. The Bertz CT molecular complexity index is 1350. The van der Waals surface area contributed by atoms with Gasteiger partial charge >= 0.3 is 0 Å². The van der Waals surface area contributed by atoms with Gasteiger partial charge in [-0.15, -0.1) is 0 Å². The molecule has 0 N–H and O–H groups in total. The van der Waals surface area contributed by atoms with E-state index in [4.69, 9.17) is 0 Å². The number of imide groups is 2. The predicted molar refractivity (Wildman–Crippen MR) is 142 cm³/mol. The Morgan fingerprint density at radius 2 is 1.38 bits per heavy atom. The summed E-state index contributed by atoms with van der Waals surface area (Å²) in [7, 11) is 0. The molecule has 0 spiro atoms. The summed E-state index contributed by atoms with van der Waals surface area (Å²) in [6, 6.07) is 11.5. The molecule has 192 valence electrons. The van der Waals surface area contributed by atoms with Gasteiger partial charge in [-0.25, -0.2) is 4.31 Å². The molecule has 6 nitrogen and oxygen atoms in total. The molecule has 2 aromatic carbocycles. The molecule has 7 heteroatoms. The zero-order valence-electron chi connectivity index (χ0n) is 21.6. The van der Waals surface area contributed by atoms with Gasteiger partial charge in [0, 0.05) is 21.9 Å². The molecule has 2 aromatic rings. The van der Waals surface area contributed by atoms with Crippen LogP contribution in [0, 0.1) is 0 Å². The highest BCUT2D eigenvalue weighted by Gasteiger charge is 2.48. The van der Waals surface area contributed by atoms with E-state index in [9.17, 15) is 19.2 Å². The maximum Gasteiger partial charge on any atom is 0.271 e. The fourth-order valence-corrected chi connectivity index (χ4v) is 8.31. The zero-order valence-corrected chi connectivity index (χ0v) is 22.4. The van der Waals surface area contributed by atoms with Crippen LogP contribution in [-0.4, -0.2) is 43.6 Å². The van der Waals surface area contributed by atoms with Crippen molar-refractivity contribution in [2.45, 2.75) is 88.3 Å². The van der Waals surface area contributed by atoms with Crippen LogP contribution in [0.25, 0.3) is 0 Å². The minimum Gasteiger partial charge on any atom is -0.274 e. The van der Waals surface area contributed by atoms with Crippen molar-refractivity contribution in [1.29, 1.82) is 0 Å². The first-order valence-corrected chi connectivity index (χ1v) is 14.2. The van der Waals surface area contributed by atoms with Crippen molar-refractivity contribution in [2.75, 3.05) is 0 Å². The van der Waals surface area contributed by atoms with Crippen LogP contribution < -0.4 is 0 Å². The van der Waals surface area contributed by atoms with Gasteiger partial charge in [0.15, 0.2) is 0 Å². The van der Waals surface area contributed by atoms with Crippen LogP contribution in [-0.2, 0) is 22.4 Å². The summed E-state index contributed by atoms with van der Waals surface area (Å²) in [6.45, 7) is 5.80. The Morgan fingerprint density at radius 3 is 1.97 bits per heavy atom. The lowest BCUT2D eigenvalue weighted by Gasteiger charge is -2.45. The Morgan fingerprint density at radius 1 is 0.838 bits per heavy atom. The van der Waals surface area contributed by atoms with Crippen LogP contribution in [0.15, 0.2) is 36.4 Å². The lowest BCUT2D eigenvalue weighted by molar-refractivity contribution is -0.135. The molecule has 0 saturated heterocycles. The summed E-state index contributed by atoms with van der Waals surface area (Å²) in [6.07, 6.45) is 5.66. The second kappa shape index (κ2) is 8.83. The Labute approximate surface area is 221 Å². The van der Waals surface area contributed by atoms with Crippen molar-refractivity contribution >= 4 is 35.6 Å². The number of amides is 4. The second-order valence-electron chi connectivity index (χ2n) is 11.5. The largest absolute Gasteiger partial charge is 0.274 e. The maximum atomic E-state index is 13.7. The number of hydrogen-bond donors (Lipinski definition) is 0. The highest BCUT2D eigenvalue weighted by atomic mass is 32.2. The lowest BCUT2D eigenvalue weighted by Crippen LogP contribution is -2.57. The first-order chi connectivity index (χ1) is 17.7. The van der Waals surface area contributed by atoms with Crippen LogP contribution in [0.4, 0.5) is 0 Å². The third-order valence-corrected chi connectivity index (χ3v) is 9.59. The van der Waals surface area contributed by atoms with Crippen LogP contribution in [0.1, 0.15) is 108 Å². The fraction of sp³-hybridized carbons (Fsp3) is 0.467. The number of hydrogen-bond acceptors (Lipinski definition) is 5. The van der Waals surface area contributed by atoms with Crippen molar-refractivity contribution in [3.8, 4) is 0 Å². The number of aryl methyl sites for hydroxylation is 2. The number of carbonyl (C=O) groups excluding carboxylic acids is 4. The first kappa shape index (κ1) is 24.4. The molecular formula is C30H32N2O4S. The highest BCUT2D eigenvalue weighted by molar-refractivity contribution is 7.98. The standard InChI is InChI=1S/C30H32N2O4S/c1-17(37-32-28(35)22-14-6-10-19-11-7-15-23(25(19)22)29(32)36)16-30(2,3)31-26(33)20-12-4-8-18-9-5-13-21(24(18)20)27(31)34/h4,6,8,10,12,14,17,21,23H,5,7,9,11,13,15-16H2,1-3H3. The minimum atomic E-state index is -0.774. The van der Waals surface area contributed by atoms with Gasteiger partial charge in [-0.05, 0) is 105 Å². The van der Waals surface area contributed by atoms with Gasteiger partial charge in [0.1, 0.15) is 0 Å². The predicted octanol–water partition coefficient (Wildman–Crippen LogP) is 5.40. The van der Waals surface area contributed by atoms with E-state index in [0.717, 1.165) is 60.8 Å². The molecular weight excluding hydrogens is 484 g/mol. The monoisotopic (exact) mass is 516 g/mol. The molecule has 37 heavy (non-hydrogen) atoms. The molecule has 0 saturated carbocycles. The molecule has 0 aromatic heterocycles. The summed E-state index contributed by atoms with van der Waals surface area (Å²) < 4.78 is 1.34. The van der Waals surface area contributed by atoms with Gasteiger partial charge in [-0.1, -0.05) is 31.2 Å². The third kappa shape index (κ3) is 3.77. The van der Waals surface area contributed by atoms with Crippen LogP contribution in [0.3, 0.4) is 0 Å². The van der Waals surface area contributed by atoms with Gasteiger partial charge in [0.2, 0.25) is 11.8 Å². The lowest BCUT2D eigenvalue weighted by atomic mass is 9.75. The summed E-state index contributed by atoms with van der Waals surface area (Å²) >= 11 is 1.23. The zero-order chi connectivity index (χ0) is 26.1. The summed E-state index contributed by atoms with van der Waals surface area (Å²) in [5, 5.41) is -0.170. The second-order valence-corrected chi connectivity index (χ2v) is 12.9. The number of rotatable bonds is 5. The van der Waals surface area contributed by atoms with E-state index in [1.807, 2.05) is 57.2 Å². The summed E-state index contributed by atoms with van der Waals surface area (Å²) in [5.74, 6) is -1.32. The molecule has 2 aliphatic heterocycles. The molecule has 4 amide bonds. The number of carbonyl (C=O) groups is 4. The molecule has 3 atom stereocenters. The van der Waals surface area contributed by atoms with E-state index in [1.54, 1.807) is 0 Å². The molecule has 3 unspecified atom stereocenters. The van der Waals surface area contributed by atoms with E-state index in [2.05, 4.69) is 0 Å². The molecule has 6 rings (SSSR count). The summed E-state index contributed by atoms with van der Waals surface area (Å²) in [4.78, 5) is 55.6. The maximum absolute atomic E-state index is 13.7. The quantitative estimate of drug-likeness (QED) is 0.393. The highest BCUT2D eigenvalue weighted by Crippen LogP contribution is 2.45. The molecule has 0 bridgehead atoms. The third-order valence-electron chi connectivity index (χ3n) is 8.51. The Balaban J connectivity index is 1.24. The smallest absolute Gasteiger partial charge is 0.271 e.